The van der Waals surface area contributed by atoms with Gasteiger partial charge in [0.05, 0.1) is 6.61 Å². The molecule has 0 unspecified atom stereocenters. The van der Waals surface area contributed by atoms with Crippen LogP contribution in [0.5, 0.6) is 0 Å². The summed E-state index contributed by atoms with van der Waals surface area (Å²) < 4.78 is 38.5. The van der Waals surface area contributed by atoms with Crippen molar-refractivity contribution in [3.05, 3.63) is 0 Å². The Labute approximate surface area is 301 Å². The van der Waals surface area contributed by atoms with Gasteiger partial charge in [-0.3, -0.25) is 19.2 Å². The zero-order valence-electron chi connectivity index (χ0n) is 30.8. The van der Waals surface area contributed by atoms with Crippen LogP contribution in [0.2, 0.25) is 0 Å². The lowest BCUT2D eigenvalue weighted by molar-refractivity contribution is -0.377. The molecular formula is C36H62O15. The molecule has 2 rings (SSSR count). The van der Waals surface area contributed by atoms with E-state index in [4.69, 9.17) is 33.2 Å². The summed E-state index contributed by atoms with van der Waals surface area (Å²) in [5.74, 6) is -3.08. The van der Waals surface area contributed by atoms with E-state index in [0.717, 1.165) is 46.5 Å². The van der Waals surface area contributed by atoms with Gasteiger partial charge in [-0.2, -0.15) is 0 Å². The molecule has 2 fully saturated rings. The molecule has 2 aliphatic heterocycles. The fourth-order valence-electron chi connectivity index (χ4n) is 6.26. The van der Waals surface area contributed by atoms with Gasteiger partial charge in [0.1, 0.15) is 37.1 Å². The molecule has 0 aromatic heterocycles. The molecule has 2 heterocycles. The third-order valence-corrected chi connectivity index (χ3v) is 9.02. The van der Waals surface area contributed by atoms with Crippen molar-refractivity contribution in [2.45, 2.75) is 192 Å². The van der Waals surface area contributed by atoms with Gasteiger partial charge in [0.15, 0.2) is 18.3 Å². The molecule has 0 spiro atoms. The van der Waals surface area contributed by atoms with Crippen molar-refractivity contribution >= 4 is 23.9 Å². The summed E-state index contributed by atoms with van der Waals surface area (Å²) in [4.78, 5) is 48.6. The van der Waals surface area contributed by atoms with Gasteiger partial charge in [-0.1, -0.05) is 96.8 Å². The van der Waals surface area contributed by atoms with E-state index in [1.54, 1.807) is 0 Å². The van der Waals surface area contributed by atoms with Crippen molar-refractivity contribution in [3.63, 3.8) is 0 Å². The predicted molar refractivity (Wildman–Crippen MR) is 181 cm³/mol. The minimum atomic E-state index is -1.77. The number of hydrogen-bond acceptors (Lipinski definition) is 15. The van der Waals surface area contributed by atoms with E-state index in [1.165, 1.54) is 64.2 Å². The highest BCUT2D eigenvalue weighted by atomic mass is 16.8. The molecule has 15 nitrogen and oxygen atoms in total. The fraction of sp³-hybridized carbons (Fsp3) is 0.889. The Morgan fingerprint density at radius 1 is 0.549 bits per heavy atom. The molecule has 2 saturated heterocycles. The van der Waals surface area contributed by atoms with Crippen molar-refractivity contribution in [2.24, 2.45) is 0 Å². The molecule has 0 aromatic carbocycles. The van der Waals surface area contributed by atoms with Crippen LogP contribution >= 0.6 is 0 Å². The Hall–Kier alpha value is -2.40. The molecule has 0 aromatic rings. The highest BCUT2D eigenvalue weighted by molar-refractivity contribution is 5.70. The number of aliphatic hydroxyl groups is 4. The zero-order chi connectivity index (χ0) is 37.8. The summed E-state index contributed by atoms with van der Waals surface area (Å²) in [5, 5.41) is 41.9. The van der Waals surface area contributed by atoms with Crippen LogP contribution in [0.4, 0.5) is 0 Å². The van der Waals surface area contributed by atoms with Crippen molar-refractivity contribution in [2.75, 3.05) is 13.2 Å². The minimum absolute atomic E-state index is 0.00866. The van der Waals surface area contributed by atoms with E-state index in [2.05, 4.69) is 6.92 Å². The van der Waals surface area contributed by atoms with Gasteiger partial charge in [0.25, 0.3) is 0 Å². The number of aliphatic hydroxyl groups excluding tert-OH is 4. The van der Waals surface area contributed by atoms with Gasteiger partial charge in [-0.05, 0) is 6.42 Å². The van der Waals surface area contributed by atoms with E-state index in [9.17, 15) is 39.6 Å². The number of unbranched alkanes of at least 4 members (excludes halogenated alkanes) is 14. The highest BCUT2D eigenvalue weighted by Gasteiger charge is 2.54. The summed E-state index contributed by atoms with van der Waals surface area (Å²) in [7, 11) is 0. The van der Waals surface area contributed by atoms with Gasteiger partial charge < -0.3 is 53.6 Å². The normalized spacial score (nSPS) is 29.3. The number of hydrogen-bond donors (Lipinski definition) is 4. The van der Waals surface area contributed by atoms with Crippen LogP contribution in [0.25, 0.3) is 0 Å². The maximum Gasteiger partial charge on any atom is 0.306 e. The number of ether oxygens (including phenoxy) is 7. The largest absolute Gasteiger partial charge is 0.463 e. The zero-order valence-corrected chi connectivity index (χ0v) is 30.8. The Balaban J connectivity index is 2.01. The van der Waals surface area contributed by atoms with Crippen molar-refractivity contribution in [1.29, 1.82) is 0 Å². The van der Waals surface area contributed by atoms with E-state index in [1.807, 2.05) is 0 Å². The lowest BCUT2D eigenvalue weighted by atomic mass is 9.97. The van der Waals surface area contributed by atoms with Crippen LogP contribution in [0.3, 0.4) is 0 Å². The molecule has 10 atom stereocenters. The second kappa shape index (κ2) is 24.8. The first kappa shape index (κ1) is 44.8. The summed E-state index contributed by atoms with van der Waals surface area (Å²) in [6.07, 6.45) is 1.38. The van der Waals surface area contributed by atoms with Crippen molar-refractivity contribution < 1.29 is 72.8 Å². The molecule has 0 bridgehead atoms. The first-order valence-corrected chi connectivity index (χ1v) is 18.7. The summed E-state index contributed by atoms with van der Waals surface area (Å²) in [6.45, 7) is 4.24. The van der Waals surface area contributed by atoms with Crippen LogP contribution in [-0.4, -0.2) is 119 Å². The summed E-state index contributed by atoms with van der Waals surface area (Å²) in [6, 6.07) is 0. The van der Waals surface area contributed by atoms with Gasteiger partial charge in [-0.15, -0.1) is 0 Å². The van der Waals surface area contributed by atoms with E-state index in [-0.39, 0.29) is 6.42 Å². The monoisotopic (exact) mass is 734 g/mol. The summed E-state index contributed by atoms with van der Waals surface area (Å²) >= 11 is 0. The van der Waals surface area contributed by atoms with E-state index >= 15 is 0 Å². The van der Waals surface area contributed by atoms with Crippen LogP contribution in [0.1, 0.15) is 130 Å². The van der Waals surface area contributed by atoms with Crippen molar-refractivity contribution in [1.82, 2.24) is 0 Å². The standard InChI is InChI=1S/C36H62O15/c1-5-6-7-8-9-10-11-12-13-14-15-16-17-18-19-20-28(41)50-34-32(46-24(3)39)30(43)27(22-45-23(2)38)49-36(34)51-35-33(47-25(4)40)31(44)29(42)26(21-37)48-35/h26-27,29-37,42-44H,5-22H2,1-4H3/t26-,27-,29-,30-,31+,32+,33-,34-,35-,36-/m1/s1. The summed E-state index contributed by atoms with van der Waals surface area (Å²) in [5.41, 5.74) is 0. The van der Waals surface area contributed by atoms with Crippen molar-refractivity contribution in [3.8, 4) is 0 Å². The third kappa shape index (κ3) is 16.4. The molecule has 0 saturated carbocycles. The van der Waals surface area contributed by atoms with E-state index < -0.39 is 98.5 Å². The molecule has 296 valence electrons. The molecular weight excluding hydrogens is 672 g/mol. The Bertz CT molecular complexity index is 1020. The smallest absolute Gasteiger partial charge is 0.306 e. The quantitative estimate of drug-likeness (QED) is 0.0637. The SMILES string of the molecule is CCCCCCCCCCCCCCCCCC(=O)O[C@H]1[C@@H](O[C@H]2O[C@H](CO)[C@@H](O)[C@H](O)[C@H]2OC(C)=O)O[C@H](COC(C)=O)[C@@H](O)[C@@H]1OC(C)=O. The topological polar surface area (TPSA) is 214 Å². The van der Waals surface area contributed by atoms with Crippen LogP contribution in [-0.2, 0) is 52.3 Å². The number of carbonyl (C=O) groups is 4. The molecule has 4 N–H and O–H groups in total. The maximum absolute atomic E-state index is 13.1. The Kier molecular flexibility index (Phi) is 21.7. The number of esters is 4. The second-order valence-corrected chi connectivity index (χ2v) is 13.5. The molecule has 0 radical (unpaired) electrons. The average molecular weight is 735 g/mol. The first-order chi connectivity index (χ1) is 24.4. The first-order valence-electron chi connectivity index (χ1n) is 18.7. The molecule has 2 aliphatic rings. The lowest BCUT2D eigenvalue weighted by Gasteiger charge is -2.46. The second-order valence-electron chi connectivity index (χ2n) is 13.5. The molecule has 51 heavy (non-hydrogen) atoms. The van der Waals surface area contributed by atoms with Crippen LogP contribution in [0, 0.1) is 0 Å². The number of rotatable bonds is 24. The minimum Gasteiger partial charge on any atom is -0.463 e. The van der Waals surface area contributed by atoms with Gasteiger partial charge in [-0.25, -0.2) is 0 Å². The van der Waals surface area contributed by atoms with Gasteiger partial charge in [0.2, 0.25) is 12.6 Å². The number of carbonyl (C=O) groups excluding carboxylic acids is 4. The van der Waals surface area contributed by atoms with Gasteiger partial charge >= 0.3 is 23.9 Å². The predicted octanol–water partition coefficient (Wildman–Crippen LogP) is 3.13. The van der Waals surface area contributed by atoms with Crippen LogP contribution < -0.4 is 0 Å². The average Bonchev–Trinajstić information content (AvgIpc) is 3.07. The fourth-order valence-corrected chi connectivity index (χ4v) is 6.26. The van der Waals surface area contributed by atoms with E-state index in [0.29, 0.717) is 6.42 Å². The molecule has 0 amide bonds. The van der Waals surface area contributed by atoms with Crippen LogP contribution in [0.15, 0.2) is 0 Å². The molecule has 15 heteroatoms. The Morgan fingerprint density at radius 3 is 1.51 bits per heavy atom. The highest BCUT2D eigenvalue weighted by Crippen LogP contribution is 2.32. The third-order valence-electron chi connectivity index (χ3n) is 9.02. The Morgan fingerprint density at radius 2 is 1.02 bits per heavy atom. The van der Waals surface area contributed by atoms with Gasteiger partial charge in [0, 0.05) is 27.2 Å². The molecule has 0 aliphatic carbocycles. The lowest BCUT2D eigenvalue weighted by Crippen LogP contribution is -2.65. The maximum atomic E-state index is 13.1.